The first-order chi connectivity index (χ1) is 12.3. The van der Waals surface area contributed by atoms with E-state index in [-0.39, 0.29) is 10.9 Å². The van der Waals surface area contributed by atoms with Crippen LogP contribution in [0.1, 0.15) is 18.4 Å². The van der Waals surface area contributed by atoms with Crippen LogP contribution in [0.2, 0.25) is 0 Å². The summed E-state index contributed by atoms with van der Waals surface area (Å²) in [6, 6.07) is 10.3. The molecule has 0 spiro atoms. The molecule has 1 aromatic carbocycles. The number of hydrogen-bond donors (Lipinski definition) is 1. The van der Waals surface area contributed by atoms with Crippen molar-refractivity contribution in [2.45, 2.75) is 30.0 Å². The number of anilines is 1. The molecular formula is C17H18F3N3O2S. The Morgan fingerprint density at radius 3 is 2.23 bits per heavy atom. The smallest absolute Gasteiger partial charge is 0.357 e. The van der Waals surface area contributed by atoms with Crippen molar-refractivity contribution >= 4 is 15.8 Å². The summed E-state index contributed by atoms with van der Waals surface area (Å²) in [6.45, 7) is 1.03. The summed E-state index contributed by atoms with van der Waals surface area (Å²) >= 11 is 0. The SMILES string of the molecule is O=S(=O)(NC1CCN(c2ccc(C(F)(F)F)cn2)CC1)c1ccccc1. The Bertz CT molecular complexity index is 832. The minimum atomic E-state index is -4.41. The number of hydrogen-bond acceptors (Lipinski definition) is 4. The Morgan fingerprint density at radius 1 is 1.04 bits per heavy atom. The maximum absolute atomic E-state index is 12.6. The molecule has 0 aliphatic carbocycles. The molecule has 1 aromatic heterocycles. The van der Waals surface area contributed by atoms with Gasteiger partial charge in [0, 0.05) is 25.3 Å². The van der Waals surface area contributed by atoms with E-state index in [2.05, 4.69) is 9.71 Å². The summed E-state index contributed by atoms with van der Waals surface area (Å²) in [5.74, 6) is 0.461. The highest BCUT2D eigenvalue weighted by Crippen LogP contribution is 2.29. The molecule has 1 N–H and O–H groups in total. The summed E-state index contributed by atoms with van der Waals surface area (Å²) in [5, 5.41) is 0. The van der Waals surface area contributed by atoms with Crippen molar-refractivity contribution in [2.75, 3.05) is 18.0 Å². The van der Waals surface area contributed by atoms with Crippen LogP contribution >= 0.6 is 0 Å². The summed E-state index contributed by atoms with van der Waals surface area (Å²) in [5.41, 5.74) is -0.785. The van der Waals surface area contributed by atoms with Crippen molar-refractivity contribution in [3.8, 4) is 0 Å². The molecule has 0 unspecified atom stereocenters. The molecule has 0 amide bonds. The van der Waals surface area contributed by atoms with E-state index in [1.54, 1.807) is 18.2 Å². The summed E-state index contributed by atoms with van der Waals surface area (Å²) in [7, 11) is -3.57. The second-order valence-corrected chi connectivity index (χ2v) is 7.81. The summed E-state index contributed by atoms with van der Waals surface area (Å²) in [6.07, 6.45) is -2.49. The fourth-order valence-corrected chi connectivity index (χ4v) is 4.18. The number of pyridine rings is 1. The molecule has 5 nitrogen and oxygen atoms in total. The molecule has 26 heavy (non-hydrogen) atoms. The van der Waals surface area contributed by atoms with Crippen molar-refractivity contribution < 1.29 is 21.6 Å². The fourth-order valence-electron chi connectivity index (χ4n) is 2.85. The maximum atomic E-state index is 12.6. The van der Waals surface area contributed by atoms with Gasteiger partial charge in [0.1, 0.15) is 5.82 Å². The highest BCUT2D eigenvalue weighted by Gasteiger charge is 2.31. The van der Waals surface area contributed by atoms with E-state index in [9.17, 15) is 21.6 Å². The Morgan fingerprint density at radius 2 is 1.69 bits per heavy atom. The monoisotopic (exact) mass is 385 g/mol. The van der Waals surface area contributed by atoms with E-state index >= 15 is 0 Å². The van der Waals surface area contributed by atoms with Gasteiger partial charge in [-0.1, -0.05) is 18.2 Å². The van der Waals surface area contributed by atoms with Crippen LogP contribution in [0.15, 0.2) is 53.6 Å². The lowest BCUT2D eigenvalue weighted by Crippen LogP contribution is -2.44. The van der Waals surface area contributed by atoms with E-state index in [4.69, 9.17) is 0 Å². The van der Waals surface area contributed by atoms with E-state index in [1.165, 1.54) is 18.2 Å². The second kappa shape index (κ2) is 7.24. The molecule has 0 atom stereocenters. The molecule has 2 heterocycles. The molecule has 3 rings (SSSR count). The lowest BCUT2D eigenvalue weighted by Gasteiger charge is -2.33. The molecule has 0 radical (unpaired) electrons. The zero-order valence-electron chi connectivity index (χ0n) is 13.8. The van der Waals surface area contributed by atoms with Crippen LogP contribution in [0.25, 0.3) is 0 Å². The van der Waals surface area contributed by atoms with Gasteiger partial charge in [-0.15, -0.1) is 0 Å². The van der Waals surface area contributed by atoms with Crippen LogP contribution in [0.3, 0.4) is 0 Å². The first-order valence-corrected chi connectivity index (χ1v) is 9.59. The van der Waals surface area contributed by atoms with Gasteiger partial charge >= 0.3 is 6.18 Å². The first kappa shape index (κ1) is 18.7. The van der Waals surface area contributed by atoms with Crippen LogP contribution in [0.5, 0.6) is 0 Å². The van der Waals surface area contributed by atoms with Crippen LogP contribution < -0.4 is 9.62 Å². The van der Waals surface area contributed by atoms with Gasteiger partial charge in [-0.05, 0) is 37.1 Å². The normalized spacial score (nSPS) is 16.7. The van der Waals surface area contributed by atoms with Crippen molar-refractivity contribution in [1.29, 1.82) is 0 Å². The molecule has 1 saturated heterocycles. The van der Waals surface area contributed by atoms with Gasteiger partial charge in [-0.25, -0.2) is 18.1 Å². The van der Waals surface area contributed by atoms with Crippen molar-refractivity contribution in [3.63, 3.8) is 0 Å². The molecule has 2 aromatic rings. The molecule has 1 aliphatic heterocycles. The number of alkyl halides is 3. The Hall–Kier alpha value is -2.13. The lowest BCUT2D eigenvalue weighted by molar-refractivity contribution is -0.137. The lowest BCUT2D eigenvalue weighted by atomic mass is 10.1. The van der Waals surface area contributed by atoms with E-state index in [0.29, 0.717) is 31.7 Å². The van der Waals surface area contributed by atoms with Gasteiger partial charge in [0.05, 0.1) is 10.5 Å². The standard InChI is InChI=1S/C17H18F3N3O2S/c18-17(19,20)13-6-7-16(21-12-13)23-10-8-14(9-11-23)22-26(24,25)15-4-2-1-3-5-15/h1-7,12,14,22H,8-11H2. The maximum Gasteiger partial charge on any atom is 0.417 e. The van der Waals surface area contributed by atoms with Crippen molar-refractivity contribution in [1.82, 2.24) is 9.71 Å². The zero-order valence-corrected chi connectivity index (χ0v) is 14.6. The number of nitrogens with one attached hydrogen (secondary N) is 1. The third-order valence-electron chi connectivity index (χ3n) is 4.27. The Labute approximate surface area is 149 Å². The highest BCUT2D eigenvalue weighted by atomic mass is 32.2. The van der Waals surface area contributed by atoms with Crippen LogP contribution in [-0.4, -0.2) is 32.5 Å². The number of benzene rings is 1. The predicted molar refractivity (Wildman–Crippen MR) is 91.2 cm³/mol. The number of piperidine rings is 1. The van der Waals surface area contributed by atoms with Crippen LogP contribution in [0.4, 0.5) is 19.0 Å². The van der Waals surface area contributed by atoms with Gasteiger partial charge < -0.3 is 4.90 Å². The van der Waals surface area contributed by atoms with Crippen molar-refractivity contribution in [2.24, 2.45) is 0 Å². The number of nitrogens with zero attached hydrogens (tertiary/aromatic N) is 2. The van der Waals surface area contributed by atoms with E-state index < -0.39 is 21.8 Å². The molecule has 9 heteroatoms. The van der Waals surface area contributed by atoms with Gasteiger partial charge in [0.15, 0.2) is 0 Å². The molecule has 140 valence electrons. The highest BCUT2D eigenvalue weighted by molar-refractivity contribution is 7.89. The molecule has 0 saturated carbocycles. The van der Waals surface area contributed by atoms with E-state index in [0.717, 1.165) is 12.3 Å². The van der Waals surface area contributed by atoms with E-state index in [1.807, 2.05) is 4.90 Å². The fraction of sp³-hybridized carbons (Fsp3) is 0.353. The topological polar surface area (TPSA) is 62.3 Å². The average molecular weight is 385 g/mol. The number of aromatic nitrogens is 1. The van der Waals surface area contributed by atoms with Crippen LogP contribution in [0, 0.1) is 0 Å². The van der Waals surface area contributed by atoms with Gasteiger partial charge in [0.25, 0.3) is 0 Å². The average Bonchev–Trinajstić information content (AvgIpc) is 2.62. The number of rotatable bonds is 4. The minimum Gasteiger partial charge on any atom is -0.357 e. The quantitative estimate of drug-likeness (QED) is 0.879. The predicted octanol–water partition coefficient (Wildman–Crippen LogP) is 3.05. The largest absolute Gasteiger partial charge is 0.417 e. The first-order valence-electron chi connectivity index (χ1n) is 8.11. The van der Waals surface area contributed by atoms with Gasteiger partial charge in [0.2, 0.25) is 10.0 Å². The van der Waals surface area contributed by atoms with Crippen molar-refractivity contribution in [3.05, 3.63) is 54.2 Å². The van der Waals surface area contributed by atoms with Gasteiger partial charge in [-0.3, -0.25) is 0 Å². The number of sulfonamides is 1. The zero-order chi connectivity index (χ0) is 18.8. The summed E-state index contributed by atoms with van der Waals surface area (Å²) in [4.78, 5) is 5.95. The summed E-state index contributed by atoms with van der Waals surface area (Å²) < 4.78 is 65.1. The molecular weight excluding hydrogens is 367 g/mol. The number of halogens is 3. The third kappa shape index (κ3) is 4.34. The Kier molecular flexibility index (Phi) is 5.19. The van der Waals surface area contributed by atoms with Crippen LogP contribution in [-0.2, 0) is 16.2 Å². The molecule has 1 fully saturated rings. The third-order valence-corrected chi connectivity index (χ3v) is 5.81. The van der Waals surface area contributed by atoms with Gasteiger partial charge in [-0.2, -0.15) is 13.2 Å². The minimum absolute atomic E-state index is 0.215. The second-order valence-electron chi connectivity index (χ2n) is 6.10. The molecule has 1 aliphatic rings. The molecule has 0 bridgehead atoms. The Balaban J connectivity index is 1.59.